The molecular formula is C14H8BrClO. The molecular weight excluding hydrogens is 300 g/mol. The Kier molecular flexibility index (Phi) is 2.57. The largest absolute Gasteiger partial charge is 0.289 e. The van der Waals surface area contributed by atoms with Gasteiger partial charge in [-0.15, -0.1) is 0 Å². The van der Waals surface area contributed by atoms with Crippen LogP contribution in [0.3, 0.4) is 0 Å². The zero-order valence-corrected chi connectivity index (χ0v) is 11.2. The second-order valence-corrected chi connectivity index (χ2v) is 5.46. The van der Waals surface area contributed by atoms with Crippen molar-refractivity contribution in [3.8, 4) is 0 Å². The smallest absolute Gasteiger partial charge is 0.193 e. The number of fused-ring (bicyclic) bond motifs is 2. The maximum absolute atomic E-state index is 12.3. The van der Waals surface area contributed by atoms with Gasteiger partial charge < -0.3 is 0 Å². The molecule has 0 fully saturated rings. The molecule has 0 bridgehead atoms. The van der Waals surface area contributed by atoms with E-state index in [0.717, 1.165) is 33.1 Å². The van der Waals surface area contributed by atoms with E-state index in [1.807, 2.05) is 30.3 Å². The van der Waals surface area contributed by atoms with Gasteiger partial charge in [0.05, 0.1) is 0 Å². The molecule has 3 heteroatoms. The van der Waals surface area contributed by atoms with E-state index in [1.165, 1.54) is 0 Å². The quantitative estimate of drug-likeness (QED) is 0.607. The van der Waals surface area contributed by atoms with Crippen molar-refractivity contribution in [2.45, 2.75) is 6.42 Å². The Labute approximate surface area is 113 Å². The van der Waals surface area contributed by atoms with Gasteiger partial charge in [-0.05, 0) is 47.9 Å². The Morgan fingerprint density at radius 3 is 2.65 bits per heavy atom. The van der Waals surface area contributed by atoms with Crippen molar-refractivity contribution < 1.29 is 4.79 Å². The SMILES string of the molecule is O=C1c2ccc(Br)cc2Cc2ccc(Cl)cc21. The first-order chi connectivity index (χ1) is 8.15. The van der Waals surface area contributed by atoms with Crippen LogP contribution in [0.2, 0.25) is 5.02 Å². The minimum atomic E-state index is 0.0660. The Morgan fingerprint density at radius 2 is 1.82 bits per heavy atom. The first-order valence-electron chi connectivity index (χ1n) is 5.27. The molecule has 1 nitrogen and oxygen atoms in total. The number of ketones is 1. The summed E-state index contributed by atoms with van der Waals surface area (Å²) < 4.78 is 1.00. The number of benzene rings is 2. The molecule has 0 heterocycles. The molecule has 84 valence electrons. The summed E-state index contributed by atoms with van der Waals surface area (Å²) in [6, 6.07) is 11.3. The van der Waals surface area contributed by atoms with Crippen molar-refractivity contribution in [1.29, 1.82) is 0 Å². The highest BCUT2D eigenvalue weighted by atomic mass is 79.9. The van der Waals surface area contributed by atoms with Crippen molar-refractivity contribution in [3.63, 3.8) is 0 Å². The van der Waals surface area contributed by atoms with Crippen molar-refractivity contribution in [2.75, 3.05) is 0 Å². The molecule has 0 atom stereocenters. The number of carbonyl (C=O) groups excluding carboxylic acids is 1. The zero-order chi connectivity index (χ0) is 12.0. The summed E-state index contributed by atoms with van der Waals surface area (Å²) in [4.78, 5) is 12.3. The minimum Gasteiger partial charge on any atom is -0.289 e. The average molecular weight is 308 g/mol. The summed E-state index contributed by atoms with van der Waals surface area (Å²) in [5, 5.41) is 0.609. The van der Waals surface area contributed by atoms with E-state index in [1.54, 1.807) is 6.07 Å². The third kappa shape index (κ3) is 1.81. The maximum atomic E-state index is 12.3. The molecule has 1 aliphatic carbocycles. The van der Waals surface area contributed by atoms with Crippen LogP contribution < -0.4 is 0 Å². The van der Waals surface area contributed by atoms with Gasteiger partial charge in [-0.3, -0.25) is 4.79 Å². The van der Waals surface area contributed by atoms with Crippen LogP contribution in [0, 0.1) is 0 Å². The molecule has 0 amide bonds. The second kappa shape index (κ2) is 3.97. The lowest BCUT2D eigenvalue weighted by Crippen LogP contribution is -2.14. The van der Waals surface area contributed by atoms with E-state index >= 15 is 0 Å². The fourth-order valence-corrected chi connectivity index (χ4v) is 2.78. The molecule has 3 rings (SSSR count). The summed E-state index contributed by atoms with van der Waals surface area (Å²) in [7, 11) is 0. The number of hydrogen-bond acceptors (Lipinski definition) is 1. The molecule has 2 aromatic rings. The van der Waals surface area contributed by atoms with Crippen LogP contribution in [-0.4, -0.2) is 5.78 Å². The molecule has 0 saturated carbocycles. The van der Waals surface area contributed by atoms with Crippen LogP contribution in [0.4, 0.5) is 0 Å². The summed E-state index contributed by atoms with van der Waals surface area (Å²) in [6.07, 6.45) is 0.785. The van der Waals surface area contributed by atoms with Gasteiger partial charge in [0, 0.05) is 20.6 Å². The second-order valence-electron chi connectivity index (χ2n) is 4.11. The van der Waals surface area contributed by atoms with E-state index in [0.29, 0.717) is 5.02 Å². The first kappa shape index (κ1) is 11.0. The molecule has 2 aromatic carbocycles. The molecule has 0 unspecified atom stereocenters. The molecule has 1 aliphatic rings. The summed E-state index contributed by atoms with van der Waals surface area (Å²) in [6.45, 7) is 0. The lowest BCUT2D eigenvalue weighted by molar-refractivity contribution is 0.103. The lowest BCUT2D eigenvalue weighted by Gasteiger charge is -2.18. The van der Waals surface area contributed by atoms with Crippen molar-refractivity contribution in [3.05, 3.63) is 68.1 Å². The molecule has 17 heavy (non-hydrogen) atoms. The van der Waals surface area contributed by atoms with E-state index in [-0.39, 0.29) is 5.78 Å². The average Bonchev–Trinajstić information content (AvgIpc) is 2.30. The third-order valence-corrected chi connectivity index (χ3v) is 3.74. The normalized spacial score (nSPS) is 13.2. The van der Waals surface area contributed by atoms with Gasteiger partial charge in [-0.2, -0.15) is 0 Å². The van der Waals surface area contributed by atoms with E-state index < -0.39 is 0 Å². The van der Waals surface area contributed by atoms with Crippen LogP contribution in [0.1, 0.15) is 27.0 Å². The number of hydrogen-bond donors (Lipinski definition) is 0. The van der Waals surface area contributed by atoms with Gasteiger partial charge in [-0.25, -0.2) is 0 Å². The zero-order valence-electron chi connectivity index (χ0n) is 8.84. The molecule has 0 saturated heterocycles. The van der Waals surface area contributed by atoms with Gasteiger partial charge in [0.25, 0.3) is 0 Å². The van der Waals surface area contributed by atoms with Crippen LogP contribution >= 0.6 is 27.5 Å². The number of halogens is 2. The topological polar surface area (TPSA) is 17.1 Å². The van der Waals surface area contributed by atoms with Crippen LogP contribution in [0.5, 0.6) is 0 Å². The highest BCUT2D eigenvalue weighted by Gasteiger charge is 2.23. The van der Waals surface area contributed by atoms with Crippen LogP contribution in [0.15, 0.2) is 40.9 Å². The van der Waals surface area contributed by atoms with Gasteiger partial charge in [0.15, 0.2) is 5.78 Å². The third-order valence-electron chi connectivity index (χ3n) is 3.01. The van der Waals surface area contributed by atoms with Gasteiger partial charge in [-0.1, -0.05) is 33.6 Å². The molecule has 0 aliphatic heterocycles. The van der Waals surface area contributed by atoms with E-state index in [2.05, 4.69) is 15.9 Å². The molecule has 0 radical (unpaired) electrons. The molecule has 0 N–H and O–H groups in total. The predicted molar refractivity (Wildman–Crippen MR) is 71.8 cm³/mol. The predicted octanol–water partition coefficient (Wildman–Crippen LogP) is 4.24. The summed E-state index contributed by atoms with van der Waals surface area (Å²) >= 11 is 9.36. The van der Waals surface area contributed by atoms with Crippen molar-refractivity contribution >= 4 is 33.3 Å². The van der Waals surface area contributed by atoms with Crippen LogP contribution in [0.25, 0.3) is 0 Å². The molecule has 0 spiro atoms. The van der Waals surface area contributed by atoms with E-state index in [4.69, 9.17) is 11.6 Å². The highest BCUT2D eigenvalue weighted by Crippen LogP contribution is 2.30. The van der Waals surface area contributed by atoms with Crippen LogP contribution in [-0.2, 0) is 6.42 Å². The highest BCUT2D eigenvalue weighted by molar-refractivity contribution is 9.10. The van der Waals surface area contributed by atoms with Crippen molar-refractivity contribution in [1.82, 2.24) is 0 Å². The van der Waals surface area contributed by atoms with Gasteiger partial charge >= 0.3 is 0 Å². The van der Waals surface area contributed by atoms with E-state index in [9.17, 15) is 4.79 Å². The fraction of sp³-hybridized carbons (Fsp3) is 0.0714. The Bertz CT molecular complexity index is 634. The standard InChI is InChI=1S/C14H8BrClO/c15-10-2-4-12-9(6-10)5-8-1-3-11(16)7-13(8)14(12)17/h1-4,6-7H,5H2. The minimum absolute atomic E-state index is 0.0660. The summed E-state index contributed by atoms with van der Waals surface area (Å²) in [5.41, 5.74) is 3.62. The maximum Gasteiger partial charge on any atom is 0.193 e. The monoisotopic (exact) mass is 306 g/mol. The number of rotatable bonds is 0. The number of carbonyl (C=O) groups is 1. The summed E-state index contributed by atoms with van der Waals surface area (Å²) in [5.74, 6) is 0.0660. The van der Waals surface area contributed by atoms with Gasteiger partial charge in [0.1, 0.15) is 0 Å². The fourth-order valence-electron chi connectivity index (χ4n) is 2.19. The lowest BCUT2D eigenvalue weighted by atomic mass is 9.85. The Balaban J connectivity index is 2.21. The molecule has 0 aromatic heterocycles. The first-order valence-corrected chi connectivity index (χ1v) is 6.44. The Morgan fingerprint density at radius 1 is 1.00 bits per heavy atom. The van der Waals surface area contributed by atoms with Gasteiger partial charge in [0.2, 0.25) is 0 Å². The Hall–Kier alpha value is -1.12. The van der Waals surface area contributed by atoms with Crippen molar-refractivity contribution in [2.24, 2.45) is 0 Å².